The van der Waals surface area contributed by atoms with Crippen molar-refractivity contribution in [3.63, 3.8) is 0 Å². The van der Waals surface area contributed by atoms with Crippen LogP contribution in [0.4, 0.5) is 4.79 Å². The molecule has 0 spiro atoms. The molecular weight excluding hydrogens is 242 g/mol. The molecule has 1 fully saturated rings. The lowest BCUT2D eigenvalue weighted by molar-refractivity contribution is 0.0710. The Morgan fingerprint density at radius 2 is 1.84 bits per heavy atom. The van der Waals surface area contributed by atoms with Gasteiger partial charge in [-0.25, -0.2) is 10.2 Å². The second-order valence-corrected chi connectivity index (χ2v) is 4.89. The number of urea groups is 1. The number of rotatable bonds is 3. The van der Waals surface area contributed by atoms with Gasteiger partial charge in [0.2, 0.25) is 0 Å². The van der Waals surface area contributed by atoms with E-state index in [9.17, 15) is 9.90 Å². The topological polar surface area (TPSA) is 87.7 Å². The average molecular weight is 261 g/mol. The number of amides is 2. The maximum atomic E-state index is 10.8. The van der Waals surface area contributed by atoms with Crippen LogP contribution in [0.2, 0.25) is 0 Å². The molecule has 1 aliphatic rings. The second-order valence-electron chi connectivity index (χ2n) is 4.89. The van der Waals surface area contributed by atoms with Gasteiger partial charge in [-0.3, -0.25) is 0 Å². The quantitative estimate of drug-likeness (QED) is 0.571. The number of nitrogens with one attached hydrogen (secondary N) is 1. The molecule has 2 rings (SSSR count). The van der Waals surface area contributed by atoms with E-state index in [4.69, 9.17) is 5.73 Å². The molecule has 0 atom stereocenters. The molecule has 2 amide bonds. The summed E-state index contributed by atoms with van der Waals surface area (Å²) in [5, 5.41) is 14.8. The number of aliphatic hydroxyl groups is 1. The van der Waals surface area contributed by atoms with Crippen LogP contribution >= 0.6 is 0 Å². The third kappa shape index (κ3) is 3.32. The minimum absolute atomic E-state index is 0.492. The maximum absolute atomic E-state index is 10.8. The zero-order chi connectivity index (χ0) is 13.7. The first kappa shape index (κ1) is 13.5. The number of hydrogen-bond acceptors (Lipinski definition) is 3. The summed E-state index contributed by atoms with van der Waals surface area (Å²) in [6, 6.07) is 8.66. The number of nitrogens with two attached hydrogens (primary N) is 1. The Bertz CT molecular complexity index is 465. The molecule has 1 aromatic rings. The van der Waals surface area contributed by atoms with Crippen molar-refractivity contribution in [3.8, 4) is 0 Å². The van der Waals surface area contributed by atoms with Crippen molar-refractivity contribution in [2.24, 2.45) is 10.8 Å². The maximum Gasteiger partial charge on any atom is 0.332 e. The minimum atomic E-state index is -0.984. The van der Waals surface area contributed by atoms with Crippen LogP contribution in [-0.4, -0.2) is 22.5 Å². The van der Waals surface area contributed by atoms with E-state index in [2.05, 4.69) is 10.5 Å². The number of primary amides is 1. The van der Waals surface area contributed by atoms with E-state index >= 15 is 0 Å². The van der Waals surface area contributed by atoms with Crippen molar-refractivity contribution in [1.82, 2.24) is 5.43 Å². The Morgan fingerprint density at radius 3 is 2.42 bits per heavy atom. The predicted octanol–water partition coefficient (Wildman–Crippen LogP) is 1.75. The molecule has 0 aliphatic heterocycles. The van der Waals surface area contributed by atoms with Crippen molar-refractivity contribution >= 4 is 11.7 Å². The number of benzene rings is 1. The molecule has 102 valence electrons. The number of hydrazone groups is 1. The zero-order valence-corrected chi connectivity index (χ0v) is 10.8. The van der Waals surface area contributed by atoms with Crippen LogP contribution < -0.4 is 11.2 Å². The molecule has 5 nitrogen and oxygen atoms in total. The molecule has 0 saturated heterocycles. The smallest absolute Gasteiger partial charge is 0.332 e. The summed E-state index contributed by atoms with van der Waals surface area (Å²) in [5.74, 6) is 0. The first-order valence-electron chi connectivity index (χ1n) is 6.53. The first-order chi connectivity index (χ1) is 9.12. The van der Waals surface area contributed by atoms with Crippen molar-refractivity contribution in [1.29, 1.82) is 0 Å². The van der Waals surface area contributed by atoms with Crippen LogP contribution in [0.3, 0.4) is 0 Å². The normalized spacial score (nSPS) is 18.9. The van der Waals surface area contributed by atoms with E-state index in [1.807, 2.05) is 30.3 Å². The van der Waals surface area contributed by atoms with Crippen LogP contribution in [0.15, 0.2) is 35.4 Å². The molecule has 1 saturated carbocycles. The Labute approximate surface area is 112 Å². The standard InChI is InChI=1S/C14H19N3O2/c15-13(18)17-16-12(11-7-3-1-4-8-11)14(19)9-5-2-6-10-14/h1,3-4,7-8,19H,2,5-6,9-10H2,(H3,15,17,18). The number of carbonyl (C=O) groups is 1. The Kier molecular flexibility index (Phi) is 4.16. The average Bonchev–Trinajstić information content (AvgIpc) is 2.40. The minimum Gasteiger partial charge on any atom is -0.383 e. The summed E-state index contributed by atoms with van der Waals surface area (Å²) >= 11 is 0. The molecular formula is C14H19N3O2. The number of nitrogens with zero attached hydrogens (tertiary/aromatic N) is 1. The molecule has 0 unspecified atom stereocenters. The lowest BCUT2D eigenvalue weighted by atomic mass is 9.79. The van der Waals surface area contributed by atoms with E-state index in [0.29, 0.717) is 18.6 Å². The van der Waals surface area contributed by atoms with Crippen LogP contribution in [-0.2, 0) is 0 Å². The van der Waals surface area contributed by atoms with Gasteiger partial charge in [-0.05, 0) is 12.8 Å². The van der Waals surface area contributed by atoms with E-state index in [0.717, 1.165) is 24.8 Å². The Hall–Kier alpha value is -1.88. The van der Waals surface area contributed by atoms with E-state index in [1.165, 1.54) is 0 Å². The van der Waals surface area contributed by atoms with Crippen molar-refractivity contribution in [2.75, 3.05) is 0 Å². The summed E-state index contributed by atoms with van der Waals surface area (Å²) in [6.07, 6.45) is 4.34. The van der Waals surface area contributed by atoms with Gasteiger partial charge in [0.1, 0.15) is 5.60 Å². The molecule has 5 heteroatoms. The molecule has 0 aromatic heterocycles. The largest absolute Gasteiger partial charge is 0.383 e. The summed E-state index contributed by atoms with van der Waals surface area (Å²) in [7, 11) is 0. The van der Waals surface area contributed by atoms with Gasteiger partial charge in [0.15, 0.2) is 0 Å². The predicted molar refractivity (Wildman–Crippen MR) is 73.7 cm³/mol. The highest BCUT2D eigenvalue weighted by atomic mass is 16.3. The SMILES string of the molecule is NC(=O)NN=C(c1ccccc1)C1(O)CCCCC1. The third-order valence-corrected chi connectivity index (χ3v) is 3.45. The molecule has 0 radical (unpaired) electrons. The van der Waals surface area contributed by atoms with Crippen LogP contribution in [0, 0.1) is 0 Å². The van der Waals surface area contributed by atoms with Gasteiger partial charge in [-0.1, -0.05) is 49.6 Å². The van der Waals surface area contributed by atoms with Crippen molar-refractivity contribution in [2.45, 2.75) is 37.7 Å². The van der Waals surface area contributed by atoms with Crippen LogP contribution in [0.1, 0.15) is 37.7 Å². The van der Waals surface area contributed by atoms with Crippen LogP contribution in [0.5, 0.6) is 0 Å². The van der Waals surface area contributed by atoms with Crippen LogP contribution in [0.25, 0.3) is 0 Å². The van der Waals surface area contributed by atoms with Gasteiger partial charge in [-0.15, -0.1) is 0 Å². The molecule has 1 aromatic carbocycles. The molecule has 0 heterocycles. The van der Waals surface area contributed by atoms with Gasteiger partial charge in [0, 0.05) is 5.56 Å². The van der Waals surface area contributed by atoms with E-state index < -0.39 is 11.6 Å². The van der Waals surface area contributed by atoms with Gasteiger partial charge < -0.3 is 10.8 Å². The van der Waals surface area contributed by atoms with E-state index in [1.54, 1.807) is 0 Å². The second kappa shape index (κ2) is 5.84. The molecule has 0 bridgehead atoms. The van der Waals surface area contributed by atoms with Gasteiger partial charge in [-0.2, -0.15) is 5.10 Å². The van der Waals surface area contributed by atoms with Crippen molar-refractivity contribution in [3.05, 3.63) is 35.9 Å². The summed E-state index contributed by atoms with van der Waals surface area (Å²) < 4.78 is 0. The highest BCUT2D eigenvalue weighted by Gasteiger charge is 2.35. The van der Waals surface area contributed by atoms with Gasteiger partial charge in [0.25, 0.3) is 0 Å². The molecule has 19 heavy (non-hydrogen) atoms. The number of carbonyl (C=O) groups excluding carboxylic acids is 1. The third-order valence-electron chi connectivity index (χ3n) is 3.45. The number of hydrogen-bond donors (Lipinski definition) is 3. The molecule has 4 N–H and O–H groups in total. The van der Waals surface area contributed by atoms with E-state index in [-0.39, 0.29) is 0 Å². The zero-order valence-electron chi connectivity index (χ0n) is 10.8. The fourth-order valence-corrected chi connectivity index (χ4v) is 2.52. The lowest BCUT2D eigenvalue weighted by Gasteiger charge is -2.33. The fraction of sp³-hybridized carbons (Fsp3) is 0.429. The van der Waals surface area contributed by atoms with Gasteiger partial charge >= 0.3 is 6.03 Å². The Balaban J connectivity index is 2.34. The van der Waals surface area contributed by atoms with Crippen molar-refractivity contribution < 1.29 is 9.90 Å². The van der Waals surface area contributed by atoms with Gasteiger partial charge in [0.05, 0.1) is 5.71 Å². The summed E-state index contributed by atoms with van der Waals surface area (Å²) in [4.78, 5) is 10.8. The summed E-state index contributed by atoms with van der Waals surface area (Å²) in [6.45, 7) is 0. The monoisotopic (exact) mass is 261 g/mol. The summed E-state index contributed by atoms with van der Waals surface area (Å²) in [5.41, 5.74) is 7.60. The Morgan fingerprint density at radius 1 is 1.21 bits per heavy atom. The highest BCUT2D eigenvalue weighted by molar-refractivity contribution is 6.06. The highest BCUT2D eigenvalue weighted by Crippen LogP contribution is 2.31. The lowest BCUT2D eigenvalue weighted by Crippen LogP contribution is -2.43. The molecule has 1 aliphatic carbocycles. The first-order valence-corrected chi connectivity index (χ1v) is 6.53. The fourth-order valence-electron chi connectivity index (χ4n) is 2.52.